The molecule has 1 aromatic heterocycles. The van der Waals surface area contributed by atoms with Crippen LogP contribution in [0.5, 0.6) is 0 Å². The van der Waals surface area contributed by atoms with Crippen LogP contribution in [0.15, 0.2) is 12.1 Å². The van der Waals surface area contributed by atoms with E-state index in [2.05, 4.69) is 20.2 Å². The summed E-state index contributed by atoms with van der Waals surface area (Å²) in [7, 11) is -3.20. The second-order valence-corrected chi connectivity index (χ2v) is 5.30. The van der Waals surface area contributed by atoms with E-state index in [0.717, 1.165) is 0 Å². The molecule has 0 aliphatic rings. The zero-order valence-corrected chi connectivity index (χ0v) is 10.3. The second kappa shape index (κ2) is 5.97. The van der Waals surface area contributed by atoms with Crippen LogP contribution in [0, 0.1) is 0 Å². The van der Waals surface area contributed by atoms with E-state index in [4.69, 9.17) is 11.6 Å². The molecule has 6 nitrogen and oxygen atoms in total. The molecule has 2 N–H and O–H groups in total. The number of halogens is 1. The lowest BCUT2D eigenvalue weighted by atomic mass is 10.5. The molecule has 8 heteroatoms. The third-order valence-corrected chi connectivity index (χ3v) is 3.34. The van der Waals surface area contributed by atoms with Gasteiger partial charge in [-0.25, -0.2) is 13.1 Å². The predicted molar refractivity (Wildman–Crippen MR) is 63.0 cm³/mol. The van der Waals surface area contributed by atoms with E-state index in [1.807, 2.05) is 0 Å². The van der Waals surface area contributed by atoms with Gasteiger partial charge in [0.05, 0.1) is 5.75 Å². The van der Waals surface area contributed by atoms with Gasteiger partial charge in [0.1, 0.15) is 5.82 Å². The van der Waals surface area contributed by atoms with Crippen LogP contribution in [0.2, 0.25) is 5.15 Å². The summed E-state index contributed by atoms with van der Waals surface area (Å²) in [5, 5.41) is 10.5. The van der Waals surface area contributed by atoms with E-state index >= 15 is 0 Å². The zero-order valence-electron chi connectivity index (χ0n) is 8.77. The Bertz CT molecular complexity index is 420. The monoisotopic (exact) mass is 264 g/mol. The summed E-state index contributed by atoms with van der Waals surface area (Å²) in [6.45, 7) is 2.39. The molecule has 0 aromatic carbocycles. The first-order valence-electron chi connectivity index (χ1n) is 4.74. The van der Waals surface area contributed by atoms with Crippen LogP contribution in [0.4, 0.5) is 5.82 Å². The van der Waals surface area contributed by atoms with Gasteiger partial charge in [0.25, 0.3) is 0 Å². The Morgan fingerprint density at radius 1 is 1.38 bits per heavy atom. The fraction of sp³-hybridized carbons (Fsp3) is 0.500. The maximum atomic E-state index is 11.3. The molecule has 1 heterocycles. The highest BCUT2D eigenvalue weighted by atomic mass is 35.5. The molecule has 0 aliphatic carbocycles. The maximum Gasteiger partial charge on any atom is 0.213 e. The molecule has 0 unspecified atom stereocenters. The number of hydrogen-bond acceptors (Lipinski definition) is 5. The quantitative estimate of drug-likeness (QED) is 0.781. The molecule has 0 saturated carbocycles. The molecule has 0 aliphatic heterocycles. The number of rotatable bonds is 6. The molecule has 90 valence electrons. The average molecular weight is 265 g/mol. The van der Waals surface area contributed by atoms with Crippen molar-refractivity contribution in [2.24, 2.45) is 0 Å². The van der Waals surface area contributed by atoms with Crippen molar-refractivity contribution < 1.29 is 8.42 Å². The number of sulfonamides is 1. The standard InChI is InChI=1S/C8H13ClN4O2S/c1-2-11-16(14,15)6-5-10-8-4-3-7(9)12-13-8/h3-4,11H,2,5-6H2,1H3,(H,10,13). The second-order valence-electron chi connectivity index (χ2n) is 2.98. The number of aromatic nitrogens is 2. The van der Waals surface area contributed by atoms with Crippen LogP contribution in [-0.4, -0.2) is 37.5 Å². The molecular formula is C8H13ClN4O2S. The number of nitrogens with zero attached hydrogens (tertiary/aromatic N) is 2. The lowest BCUT2D eigenvalue weighted by molar-refractivity contribution is 0.584. The fourth-order valence-corrected chi connectivity index (χ4v) is 2.07. The van der Waals surface area contributed by atoms with Gasteiger partial charge >= 0.3 is 0 Å². The van der Waals surface area contributed by atoms with Gasteiger partial charge in [0, 0.05) is 13.1 Å². The highest BCUT2D eigenvalue weighted by Crippen LogP contribution is 2.05. The average Bonchev–Trinajstić information content (AvgIpc) is 2.20. The van der Waals surface area contributed by atoms with Crippen LogP contribution < -0.4 is 10.0 Å². The highest BCUT2D eigenvalue weighted by Gasteiger charge is 2.07. The molecule has 0 fully saturated rings. The Hall–Kier alpha value is -0.920. The van der Waals surface area contributed by atoms with Gasteiger partial charge < -0.3 is 5.32 Å². The number of hydrogen-bond donors (Lipinski definition) is 2. The Labute approximate surface area is 99.5 Å². The lowest BCUT2D eigenvalue weighted by Crippen LogP contribution is -2.29. The summed E-state index contributed by atoms with van der Waals surface area (Å²) in [4.78, 5) is 0. The van der Waals surface area contributed by atoms with Crippen molar-refractivity contribution in [3.05, 3.63) is 17.3 Å². The van der Waals surface area contributed by atoms with Crippen molar-refractivity contribution in [3.8, 4) is 0 Å². The largest absolute Gasteiger partial charge is 0.368 e. The number of nitrogens with one attached hydrogen (secondary N) is 2. The Morgan fingerprint density at radius 2 is 2.12 bits per heavy atom. The molecule has 16 heavy (non-hydrogen) atoms. The molecule has 1 rings (SSSR count). The van der Waals surface area contributed by atoms with E-state index in [9.17, 15) is 8.42 Å². The minimum Gasteiger partial charge on any atom is -0.368 e. The van der Waals surface area contributed by atoms with Crippen molar-refractivity contribution in [2.75, 3.05) is 24.2 Å². The molecular weight excluding hydrogens is 252 g/mol. The first-order chi connectivity index (χ1) is 7.53. The molecule has 0 radical (unpaired) electrons. The molecule has 0 bridgehead atoms. The van der Waals surface area contributed by atoms with Gasteiger partial charge in [-0.05, 0) is 12.1 Å². The van der Waals surface area contributed by atoms with Crippen molar-refractivity contribution in [1.29, 1.82) is 0 Å². The predicted octanol–water partition coefficient (Wildman–Crippen LogP) is 0.481. The van der Waals surface area contributed by atoms with Crippen molar-refractivity contribution in [2.45, 2.75) is 6.92 Å². The van der Waals surface area contributed by atoms with Crippen LogP contribution >= 0.6 is 11.6 Å². The summed E-state index contributed by atoms with van der Waals surface area (Å²) in [6.07, 6.45) is 0. The van der Waals surface area contributed by atoms with Gasteiger partial charge in [0.15, 0.2) is 5.15 Å². The first kappa shape index (κ1) is 13.1. The Morgan fingerprint density at radius 3 is 2.69 bits per heavy atom. The van der Waals surface area contributed by atoms with Crippen molar-refractivity contribution in [3.63, 3.8) is 0 Å². The van der Waals surface area contributed by atoms with Crippen LogP contribution in [0.3, 0.4) is 0 Å². The van der Waals surface area contributed by atoms with Crippen LogP contribution in [-0.2, 0) is 10.0 Å². The summed E-state index contributed by atoms with van der Waals surface area (Å²) >= 11 is 5.55. The molecule has 0 saturated heterocycles. The minimum absolute atomic E-state index is 0.00878. The number of anilines is 1. The zero-order chi connectivity index (χ0) is 12.0. The Kier molecular flexibility index (Phi) is 4.91. The Balaban J connectivity index is 2.39. The highest BCUT2D eigenvalue weighted by molar-refractivity contribution is 7.89. The van der Waals surface area contributed by atoms with Crippen molar-refractivity contribution >= 4 is 27.4 Å². The first-order valence-corrected chi connectivity index (χ1v) is 6.77. The van der Waals surface area contributed by atoms with E-state index in [1.54, 1.807) is 19.1 Å². The smallest absolute Gasteiger partial charge is 0.213 e. The lowest BCUT2D eigenvalue weighted by Gasteiger charge is -2.06. The van der Waals surface area contributed by atoms with Gasteiger partial charge in [-0.3, -0.25) is 0 Å². The summed E-state index contributed by atoms with van der Waals surface area (Å²) in [5.41, 5.74) is 0. The van der Waals surface area contributed by atoms with Gasteiger partial charge in [0.2, 0.25) is 10.0 Å². The van der Waals surface area contributed by atoms with Crippen molar-refractivity contribution in [1.82, 2.24) is 14.9 Å². The summed E-state index contributed by atoms with van der Waals surface area (Å²) in [5.74, 6) is 0.488. The molecule has 0 amide bonds. The normalized spacial score (nSPS) is 11.4. The molecule has 0 atom stereocenters. The van der Waals surface area contributed by atoms with Crippen LogP contribution in [0.1, 0.15) is 6.92 Å². The van der Waals surface area contributed by atoms with Gasteiger partial charge in [-0.1, -0.05) is 18.5 Å². The maximum absolute atomic E-state index is 11.3. The molecule has 1 aromatic rings. The van der Waals surface area contributed by atoms with E-state index < -0.39 is 10.0 Å². The topological polar surface area (TPSA) is 84.0 Å². The van der Waals surface area contributed by atoms with E-state index in [0.29, 0.717) is 17.5 Å². The van der Waals surface area contributed by atoms with Gasteiger partial charge in [-0.2, -0.15) is 0 Å². The van der Waals surface area contributed by atoms with E-state index in [-0.39, 0.29) is 12.3 Å². The summed E-state index contributed by atoms with van der Waals surface area (Å²) in [6, 6.07) is 3.21. The minimum atomic E-state index is -3.20. The molecule has 0 spiro atoms. The third-order valence-electron chi connectivity index (χ3n) is 1.67. The summed E-state index contributed by atoms with van der Waals surface area (Å²) < 4.78 is 24.9. The van der Waals surface area contributed by atoms with Gasteiger partial charge in [-0.15, -0.1) is 10.2 Å². The third kappa shape index (κ3) is 4.73. The SMILES string of the molecule is CCNS(=O)(=O)CCNc1ccc(Cl)nn1. The fourth-order valence-electron chi connectivity index (χ4n) is 1.02. The van der Waals surface area contributed by atoms with Crippen LogP contribution in [0.25, 0.3) is 0 Å². The van der Waals surface area contributed by atoms with E-state index in [1.165, 1.54) is 0 Å².